The highest BCUT2D eigenvalue weighted by molar-refractivity contribution is 5.89. The SMILES string of the molecule is CC(C)[C@@H](NC(=O)OCc1ccccc1)C(=O)N[C@H](Cc1ccc2ccccc2c1)C(=O)O. The van der Waals surface area contributed by atoms with E-state index in [9.17, 15) is 19.5 Å². The third-order valence-corrected chi connectivity index (χ3v) is 5.30. The second-order valence-electron chi connectivity index (χ2n) is 8.21. The first-order valence-electron chi connectivity index (χ1n) is 10.8. The lowest BCUT2D eigenvalue weighted by Gasteiger charge is -2.24. The number of hydrogen-bond donors (Lipinski definition) is 3. The van der Waals surface area contributed by atoms with E-state index in [4.69, 9.17) is 4.74 Å². The van der Waals surface area contributed by atoms with E-state index < -0.39 is 30.1 Å². The van der Waals surface area contributed by atoms with Gasteiger partial charge in [-0.05, 0) is 27.8 Å². The zero-order valence-electron chi connectivity index (χ0n) is 18.7. The van der Waals surface area contributed by atoms with E-state index in [0.29, 0.717) is 0 Å². The lowest BCUT2D eigenvalue weighted by atomic mass is 10.00. The summed E-state index contributed by atoms with van der Waals surface area (Å²) < 4.78 is 5.20. The summed E-state index contributed by atoms with van der Waals surface area (Å²) in [4.78, 5) is 37.0. The number of alkyl carbamates (subject to hydrolysis) is 1. The van der Waals surface area contributed by atoms with Crippen molar-refractivity contribution in [3.63, 3.8) is 0 Å². The molecule has 0 bridgehead atoms. The number of carboxylic acids is 1. The van der Waals surface area contributed by atoms with Crippen LogP contribution in [0.15, 0.2) is 72.8 Å². The predicted octanol–water partition coefficient (Wildman–Crippen LogP) is 3.90. The normalized spacial score (nSPS) is 12.7. The number of fused-ring (bicyclic) bond motifs is 1. The molecular weight excluding hydrogens is 420 g/mol. The molecule has 0 unspecified atom stereocenters. The van der Waals surface area contributed by atoms with E-state index in [1.807, 2.05) is 72.8 Å². The molecule has 0 heterocycles. The van der Waals surface area contributed by atoms with Crippen LogP contribution in [0, 0.1) is 5.92 Å². The van der Waals surface area contributed by atoms with Crippen molar-refractivity contribution >= 4 is 28.7 Å². The quantitative estimate of drug-likeness (QED) is 0.460. The van der Waals surface area contributed by atoms with E-state index >= 15 is 0 Å². The van der Waals surface area contributed by atoms with Gasteiger partial charge in [0.2, 0.25) is 5.91 Å². The van der Waals surface area contributed by atoms with E-state index in [0.717, 1.165) is 21.9 Å². The number of amides is 2. The van der Waals surface area contributed by atoms with Crippen LogP contribution < -0.4 is 10.6 Å². The number of carbonyl (C=O) groups excluding carboxylic acids is 2. The van der Waals surface area contributed by atoms with Gasteiger partial charge in [-0.25, -0.2) is 9.59 Å². The molecule has 0 radical (unpaired) electrons. The minimum absolute atomic E-state index is 0.0683. The standard InChI is InChI=1S/C26H28N2O5/c1-17(2)23(28-26(32)33-16-18-8-4-3-5-9-18)24(29)27-22(25(30)31)15-19-12-13-20-10-6-7-11-21(20)14-19/h3-14,17,22-23H,15-16H2,1-2H3,(H,27,29)(H,28,32)(H,30,31)/t22-,23-/m1/s1. The van der Waals surface area contributed by atoms with Gasteiger partial charge in [-0.3, -0.25) is 4.79 Å². The molecule has 0 aliphatic rings. The minimum Gasteiger partial charge on any atom is -0.480 e. The molecule has 3 rings (SSSR count). The molecule has 3 N–H and O–H groups in total. The Morgan fingerprint density at radius 3 is 2.18 bits per heavy atom. The number of ether oxygens (including phenoxy) is 1. The molecule has 7 nitrogen and oxygen atoms in total. The summed E-state index contributed by atoms with van der Waals surface area (Å²) in [5.74, 6) is -2.00. The van der Waals surface area contributed by atoms with Gasteiger partial charge in [-0.1, -0.05) is 86.6 Å². The first-order chi connectivity index (χ1) is 15.8. The van der Waals surface area contributed by atoms with Gasteiger partial charge in [-0.15, -0.1) is 0 Å². The number of benzene rings is 3. The maximum Gasteiger partial charge on any atom is 0.408 e. The van der Waals surface area contributed by atoms with Gasteiger partial charge in [-0.2, -0.15) is 0 Å². The molecule has 2 amide bonds. The molecule has 3 aromatic carbocycles. The Kier molecular flexibility index (Phi) is 8.02. The second-order valence-corrected chi connectivity index (χ2v) is 8.21. The predicted molar refractivity (Wildman–Crippen MR) is 126 cm³/mol. The Morgan fingerprint density at radius 1 is 0.848 bits per heavy atom. The molecule has 0 saturated carbocycles. The average molecular weight is 449 g/mol. The number of carboxylic acid groups (broad SMARTS) is 1. The fourth-order valence-corrected chi connectivity index (χ4v) is 3.49. The van der Waals surface area contributed by atoms with Crippen LogP contribution in [-0.2, 0) is 27.4 Å². The largest absolute Gasteiger partial charge is 0.480 e. The van der Waals surface area contributed by atoms with Crippen LogP contribution in [0.1, 0.15) is 25.0 Å². The number of rotatable bonds is 9. The molecule has 3 aromatic rings. The van der Waals surface area contributed by atoms with Crippen molar-refractivity contribution in [2.75, 3.05) is 0 Å². The van der Waals surface area contributed by atoms with Crippen LogP contribution in [-0.4, -0.2) is 35.2 Å². The zero-order chi connectivity index (χ0) is 23.8. The minimum atomic E-state index is -1.15. The molecule has 0 spiro atoms. The van der Waals surface area contributed by atoms with Gasteiger partial charge in [0.05, 0.1) is 0 Å². The summed E-state index contributed by atoms with van der Waals surface area (Å²) in [5, 5.41) is 16.8. The maximum absolute atomic E-state index is 12.9. The lowest BCUT2D eigenvalue weighted by Crippen LogP contribution is -2.54. The van der Waals surface area contributed by atoms with Crippen LogP contribution in [0.3, 0.4) is 0 Å². The molecule has 7 heteroatoms. The molecule has 0 aromatic heterocycles. The van der Waals surface area contributed by atoms with Gasteiger partial charge < -0.3 is 20.5 Å². The van der Waals surface area contributed by atoms with Crippen molar-refractivity contribution in [2.45, 2.75) is 39.0 Å². The Morgan fingerprint density at radius 2 is 1.52 bits per heavy atom. The van der Waals surface area contributed by atoms with Crippen LogP contribution in [0.25, 0.3) is 10.8 Å². The molecule has 0 aliphatic heterocycles. The topological polar surface area (TPSA) is 105 Å². The number of carbonyl (C=O) groups is 3. The monoisotopic (exact) mass is 448 g/mol. The van der Waals surface area contributed by atoms with Gasteiger partial charge >= 0.3 is 12.1 Å². The van der Waals surface area contributed by atoms with Crippen LogP contribution in [0.2, 0.25) is 0 Å². The fraction of sp³-hybridized carbons (Fsp3) is 0.269. The molecule has 0 saturated heterocycles. The summed E-state index contributed by atoms with van der Waals surface area (Å²) in [6.45, 7) is 3.60. The summed E-state index contributed by atoms with van der Waals surface area (Å²) in [7, 11) is 0. The second kappa shape index (κ2) is 11.1. The van der Waals surface area contributed by atoms with Crippen molar-refractivity contribution in [3.05, 3.63) is 83.9 Å². The summed E-state index contributed by atoms with van der Waals surface area (Å²) >= 11 is 0. The van der Waals surface area contributed by atoms with Crippen molar-refractivity contribution in [3.8, 4) is 0 Å². The summed E-state index contributed by atoms with van der Waals surface area (Å²) in [6, 6.07) is 20.6. The van der Waals surface area contributed by atoms with E-state index in [2.05, 4.69) is 10.6 Å². The Balaban J connectivity index is 1.63. The third-order valence-electron chi connectivity index (χ3n) is 5.30. The molecule has 0 aliphatic carbocycles. The number of hydrogen-bond acceptors (Lipinski definition) is 4. The smallest absolute Gasteiger partial charge is 0.408 e. The summed E-state index contributed by atoms with van der Waals surface area (Å²) in [5.41, 5.74) is 1.61. The van der Waals surface area contributed by atoms with E-state index in [1.165, 1.54) is 0 Å². The lowest BCUT2D eigenvalue weighted by molar-refractivity contribution is -0.142. The fourth-order valence-electron chi connectivity index (χ4n) is 3.49. The molecular formula is C26H28N2O5. The van der Waals surface area contributed by atoms with E-state index in [-0.39, 0.29) is 18.9 Å². The van der Waals surface area contributed by atoms with Crippen molar-refractivity contribution < 1.29 is 24.2 Å². The van der Waals surface area contributed by atoms with Crippen molar-refractivity contribution in [2.24, 2.45) is 5.92 Å². The Hall–Kier alpha value is -3.87. The summed E-state index contributed by atoms with van der Waals surface area (Å²) in [6.07, 6.45) is -0.621. The highest BCUT2D eigenvalue weighted by Crippen LogP contribution is 2.17. The molecule has 172 valence electrons. The van der Waals surface area contributed by atoms with E-state index in [1.54, 1.807) is 13.8 Å². The number of aliphatic carboxylic acids is 1. The first-order valence-corrected chi connectivity index (χ1v) is 10.8. The first kappa shape index (κ1) is 23.8. The van der Waals surface area contributed by atoms with Crippen LogP contribution in [0.4, 0.5) is 4.79 Å². The van der Waals surface area contributed by atoms with Gasteiger partial charge in [0.15, 0.2) is 0 Å². The zero-order valence-corrected chi connectivity index (χ0v) is 18.7. The number of nitrogens with one attached hydrogen (secondary N) is 2. The average Bonchev–Trinajstić information content (AvgIpc) is 2.81. The highest BCUT2D eigenvalue weighted by atomic mass is 16.5. The van der Waals surface area contributed by atoms with Gasteiger partial charge in [0, 0.05) is 6.42 Å². The molecule has 2 atom stereocenters. The van der Waals surface area contributed by atoms with Gasteiger partial charge in [0.1, 0.15) is 18.7 Å². The van der Waals surface area contributed by atoms with Crippen LogP contribution >= 0.6 is 0 Å². The Labute approximate surface area is 192 Å². The molecule has 33 heavy (non-hydrogen) atoms. The Bertz CT molecular complexity index is 1110. The van der Waals surface area contributed by atoms with Crippen molar-refractivity contribution in [1.29, 1.82) is 0 Å². The van der Waals surface area contributed by atoms with Gasteiger partial charge in [0.25, 0.3) is 0 Å². The molecule has 0 fully saturated rings. The van der Waals surface area contributed by atoms with Crippen molar-refractivity contribution in [1.82, 2.24) is 10.6 Å². The maximum atomic E-state index is 12.9. The third kappa shape index (κ3) is 6.80. The highest BCUT2D eigenvalue weighted by Gasteiger charge is 2.29. The van der Waals surface area contributed by atoms with Crippen LogP contribution in [0.5, 0.6) is 0 Å².